The molecule has 0 unspecified atom stereocenters. The van der Waals surface area contributed by atoms with Crippen LogP contribution in [0.5, 0.6) is 0 Å². The molecule has 1 rings (SSSR count). The molecule has 0 spiro atoms. The van der Waals surface area contributed by atoms with Crippen LogP contribution in [-0.4, -0.2) is 25.1 Å². The van der Waals surface area contributed by atoms with E-state index in [0.717, 1.165) is 0 Å². The Balaban J connectivity index is 2.24. The number of nitrogens with two attached hydrogens (primary N) is 1. The molecule has 4 heteroatoms. The SMILES string of the molecule is NC1(CC(F)F)CNC1. The van der Waals surface area contributed by atoms with Crippen LogP contribution in [0.15, 0.2) is 0 Å². The molecule has 1 aliphatic heterocycles. The molecule has 0 aromatic heterocycles. The lowest BCUT2D eigenvalue weighted by Crippen LogP contribution is -2.66. The van der Waals surface area contributed by atoms with Crippen molar-refractivity contribution >= 4 is 0 Å². The summed E-state index contributed by atoms with van der Waals surface area (Å²) in [6.07, 6.45) is -2.45. The molecular formula is C5H10F2N2. The lowest BCUT2D eigenvalue weighted by atomic mass is 9.90. The second kappa shape index (κ2) is 2.19. The van der Waals surface area contributed by atoms with E-state index in [0.29, 0.717) is 13.1 Å². The Hall–Kier alpha value is -0.220. The molecule has 0 aromatic rings. The summed E-state index contributed by atoms with van der Waals surface area (Å²) in [6, 6.07) is 0. The minimum Gasteiger partial charge on any atom is -0.323 e. The highest BCUT2D eigenvalue weighted by atomic mass is 19.3. The molecule has 0 radical (unpaired) electrons. The van der Waals surface area contributed by atoms with E-state index < -0.39 is 12.0 Å². The fourth-order valence-electron chi connectivity index (χ4n) is 0.898. The van der Waals surface area contributed by atoms with E-state index in [9.17, 15) is 8.78 Å². The van der Waals surface area contributed by atoms with Crippen molar-refractivity contribution in [2.45, 2.75) is 18.4 Å². The number of hydrogen-bond donors (Lipinski definition) is 2. The maximum absolute atomic E-state index is 11.6. The average Bonchev–Trinajstić information content (AvgIpc) is 1.60. The Morgan fingerprint density at radius 1 is 1.56 bits per heavy atom. The topological polar surface area (TPSA) is 38.0 Å². The standard InChI is InChI=1S/C5H10F2N2/c6-4(7)1-5(8)2-9-3-5/h4,9H,1-3,8H2. The predicted octanol–water partition coefficient (Wildman–Crippen LogP) is -0.0577. The van der Waals surface area contributed by atoms with E-state index in [1.807, 2.05) is 0 Å². The van der Waals surface area contributed by atoms with Gasteiger partial charge in [0.05, 0.1) is 0 Å². The summed E-state index contributed by atoms with van der Waals surface area (Å²) in [5.41, 5.74) is 4.84. The summed E-state index contributed by atoms with van der Waals surface area (Å²) < 4.78 is 23.3. The molecule has 0 aliphatic carbocycles. The van der Waals surface area contributed by atoms with Gasteiger partial charge in [-0.25, -0.2) is 8.78 Å². The lowest BCUT2D eigenvalue weighted by molar-refractivity contribution is 0.0852. The first-order valence-electron chi connectivity index (χ1n) is 2.90. The van der Waals surface area contributed by atoms with E-state index in [-0.39, 0.29) is 6.42 Å². The molecule has 9 heavy (non-hydrogen) atoms. The van der Waals surface area contributed by atoms with Gasteiger partial charge in [0.15, 0.2) is 0 Å². The third-order valence-electron chi connectivity index (χ3n) is 1.51. The van der Waals surface area contributed by atoms with Crippen molar-refractivity contribution in [1.29, 1.82) is 0 Å². The summed E-state index contributed by atoms with van der Waals surface area (Å²) in [6.45, 7) is 1.05. The van der Waals surface area contributed by atoms with E-state index in [4.69, 9.17) is 5.73 Å². The molecule has 0 atom stereocenters. The van der Waals surface area contributed by atoms with Crippen LogP contribution < -0.4 is 11.1 Å². The van der Waals surface area contributed by atoms with Crippen LogP contribution in [-0.2, 0) is 0 Å². The molecule has 0 bridgehead atoms. The average molecular weight is 136 g/mol. The van der Waals surface area contributed by atoms with E-state index in [1.165, 1.54) is 0 Å². The van der Waals surface area contributed by atoms with Crippen LogP contribution in [0.25, 0.3) is 0 Å². The molecule has 54 valence electrons. The molecule has 1 aliphatic rings. The van der Waals surface area contributed by atoms with Gasteiger partial charge in [0.1, 0.15) is 0 Å². The molecule has 2 nitrogen and oxygen atoms in total. The van der Waals surface area contributed by atoms with E-state index in [1.54, 1.807) is 0 Å². The second-order valence-corrected chi connectivity index (χ2v) is 2.56. The number of halogens is 2. The van der Waals surface area contributed by atoms with Crippen LogP contribution in [0.1, 0.15) is 6.42 Å². The third-order valence-corrected chi connectivity index (χ3v) is 1.51. The fourth-order valence-corrected chi connectivity index (χ4v) is 0.898. The van der Waals surface area contributed by atoms with Gasteiger partial charge in [0.25, 0.3) is 0 Å². The van der Waals surface area contributed by atoms with Gasteiger partial charge in [-0.1, -0.05) is 0 Å². The summed E-state index contributed by atoms with van der Waals surface area (Å²) in [7, 11) is 0. The Labute approximate surface area is 52.4 Å². The third kappa shape index (κ3) is 1.59. The highest BCUT2D eigenvalue weighted by Gasteiger charge is 2.34. The van der Waals surface area contributed by atoms with Crippen molar-refractivity contribution in [3.8, 4) is 0 Å². The van der Waals surface area contributed by atoms with Crippen molar-refractivity contribution in [3.63, 3.8) is 0 Å². The summed E-state index contributed by atoms with van der Waals surface area (Å²) >= 11 is 0. The van der Waals surface area contributed by atoms with E-state index in [2.05, 4.69) is 5.32 Å². The number of nitrogens with one attached hydrogen (secondary N) is 1. The molecular weight excluding hydrogens is 126 g/mol. The van der Waals surface area contributed by atoms with Crippen LogP contribution in [0.2, 0.25) is 0 Å². The highest BCUT2D eigenvalue weighted by molar-refractivity contribution is 4.97. The molecule has 0 amide bonds. The molecule has 0 aromatic carbocycles. The van der Waals surface area contributed by atoms with Gasteiger partial charge in [-0.2, -0.15) is 0 Å². The van der Waals surface area contributed by atoms with Gasteiger partial charge in [-0.15, -0.1) is 0 Å². The largest absolute Gasteiger partial charge is 0.323 e. The quantitative estimate of drug-likeness (QED) is 0.558. The summed E-state index contributed by atoms with van der Waals surface area (Å²) in [4.78, 5) is 0. The summed E-state index contributed by atoms with van der Waals surface area (Å²) in [5, 5.41) is 2.85. The highest BCUT2D eigenvalue weighted by Crippen LogP contribution is 2.16. The van der Waals surface area contributed by atoms with Gasteiger partial charge in [0.2, 0.25) is 6.43 Å². The zero-order valence-electron chi connectivity index (χ0n) is 5.03. The Kier molecular flexibility index (Phi) is 1.68. The van der Waals surface area contributed by atoms with Gasteiger partial charge in [-0.05, 0) is 0 Å². The Bertz CT molecular complexity index is 101. The first kappa shape index (κ1) is 6.89. The van der Waals surface area contributed by atoms with Crippen molar-refractivity contribution in [2.24, 2.45) is 5.73 Å². The van der Waals surface area contributed by atoms with Crippen molar-refractivity contribution in [1.82, 2.24) is 5.32 Å². The smallest absolute Gasteiger partial charge is 0.240 e. The molecule has 0 saturated carbocycles. The number of rotatable bonds is 2. The molecule has 1 fully saturated rings. The monoisotopic (exact) mass is 136 g/mol. The molecule has 1 saturated heterocycles. The van der Waals surface area contributed by atoms with Crippen molar-refractivity contribution < 1.29 is 8.78 Å². The Morgan fingerprint density at radius 2 is 2.11 bits per heavy atom. The van der Waals surface area contributed by atoms with Crippen LogP contribution >= 0.6 is 0 Å². The second-order valence-electron chi connectivity index (χ2n) is 2.56. The zero-order valence-corrected chi connectivity index (χ0v) is 5.03. The first-order chi connectivity index (χ1) is 4.12. The van der Waals surface area contributed by atoms with Crippen LogP contribution in [0.4, 0.5) is 8.78 Å². The predicted molar refractivity (Wildman–Crippen MR) is 30.4 cm³/mol. The Morgan fingerprint density at radius 3 is 2.22 bits per heavy atom. The van der Waals surface area contributed by atoms with Gasteiger partial charge < -0.3 is 11.1 Å². The maximum atomic E-state index is 11.6. The van der Waals surface area contributed by atoms with Crippen molar-refractivity contribution in [2.75, 3.05) is 13.1 Å². The summed E-state index contributed by atoms with van der Waals surface area (Å²) in [5.74, 6) is 0. The molecule has 3 N–H and O–H groups in total. The zero-order chi connectivity index (χ0) is 6.91. The fraction of sp³-hybridized carbons (Fsp3) is 1.00. The van der Waals surface area contributed by atoms with Gasteiger partial charge in [0, 0.05) is 25.0 Å². The first-order valence-corrected chi connectivity index (χ1v) is 2.90. The maximum Gasteiger partial charge on any atom is 0.240 e. The normalized spacial score (nSPS) is 24.0. The van der Waals surface area contributed by atoms with Crippen LogP contribution in [0, 0.1) is 0 Å². The minimum atomic E-state index is -2.27. The van der Waals surface area contributed by atoms with Gasteiger partial charge in [-0.3, -0.25) is 0 Å². The minimum absolute atomic E-state index is 0.181. The van der Waals surface area contributed by atoms with Crippen LogP contribution in [0.3, 0.4) is 0 Å². The van der Waals surface area contributed by atoms with Crippen molar-refractivity contribution in [3.05, 3.63) is 0 Å². The number of hydrogen-bond acceptors (Lipinski definition) is 2. The molecule has 1 heterocycles. The lowest BCUT2D eigenvalue weighted by Gasteiger charge is -2.38. The van der Waals surface area contributed by atoms with Gasteiger partial charge >= 0.3 is 0 Å². The van der Waals surface area contributed by atoms with E-state index >= 15 is 0 Å². The number of alkyl halides is 2.